The number of rotatable bonds is 2. The molecule has 2 N–H and O–H groups in total. The molecule has 0 aliphatic heterocycles. The topological polar surface area (TPSA) is 47.6 Å². The van der Waals surface area contributed by atoms with E-state index in [0.29, 0.717) is 5.84 Å². The average Bonchev–Trinajstić information content (AvgIpc) is 2.07. The molecule has 0 unspecified atom stereocenters. The number of hydrogen-bond acceptors (Lipinski definition) is 2. The molecule has 0 amide bonds. The summed E-state index contributed by atoms with van der Waals surface area (Å²) in [6.45, 7) is 3.75. The molecule has 0 radical (unpaired) electrons. The third-order valence-corrected chi connectivity index (χ3v) is 1.63. The molecule has 3 heteroatoms. The Kier molecular flexibility index (Phi) is 2.90. The SMILES string of the molecule is COc1cc(C)ccc1N=C(C)N. The standard InChI is InChI=1S/C10H14N2O/c1-7-4-5-9(12-8(2)11)10(6-7)13-3/h4-6H,1-3H3,(H2,11,12). The Morgan fingerprint density at radius 2 is 2.15 bits per heavy atom. The molecule has 13 heavy (non-hydrogen) atoms. The van der Waals surface area contributed by atoms with Gasteiger partial charge >= 0.3 is 0 Å². The van der Waals surface area contributed by atoms with E-state index in [1.165, 1.54) is 0 Å². The van der Waals surface area contributed by atoms with E-state index < -0.39 is 0 Å². The van der Waals surface area contributed by atoms with E-state index in [2.05, 4.69) is 4.99 Å². The number of aliphatic imine (C=N–C) groups is 1. The lowest BCUT2D eigenvalue weighted by Gasteiger charge is -2.05. The number of amidine groups is 1. The summed E-state index contributed by atoms with van der Waals surface area (Å²) in [5, 5.41) is 0. The zero-order valence-corrected chi connectivity index (χ0v) is 8.16. The number of hydrogen-bond donors (Lipinski definition) is 1. The molecule has 0 saturated heterocycles. The summed E-state index contributed by atoms with van der Waals surface area (Å²) in [6, 6.07) is 5.80. The molecule has 0 heterocycles. The summed E-state index contributed by atoms with van der Waals surface area (Å²) in [5.74, 6) is 1.28. The maximum absolute atomic E-state index is 5.48. The summed E-state index contributed by atoms with van der Waals surface area (Å²) >= 11 is 0. The van der Waals surface area contributed by atoms with Gasteiger partial charge in [-0.25, -0.2) is 4.99 Å². The first-order chi connectivity index (χ1) is 6.13. The highest BCUT2D eigenvalue weighted by atomic mass is 16.5. The van der Waals surface area contributed by atoms with E-state index in [9.17, 15) is 0 Å². The van der Waals surface area contributed by atoms with Gasteiger partial charge in [0.05, 0.1) is 12.9 Å². The van der Waals surface area contributed by atoms with Crippen molar-refractivity contribution in [1.29, 1.82) is 0 Å². The summed E-state index contributed by atoms with van der Waals surface area (Å²) < 4.78 is 5.16. The molecule has 1 aromatic rings. The van der Waals surface area contributed by atoms with Crippen LogP contribution in [-0.2, 0) is 0 Å². The van der Waals surface area contributed by atoms with Gasteiger partial charge < -0.3 is 10.5 Å². The highest BCUT2D eigenvalue weighted by molar-refractivity contribution is 5.81. The van der Waals surface area contributed by atoms with Crippen LogP contribution >= 0.6 is 0 Å². The van der Waals surface area contributed by atoms with Crippen LogP contribution in [0.4, 0.5) is 5.69 Å². The minimum Gasteiger partial charge on any atom is -0.494 e. The first-order valence-electron chi connectivity index (χ1n) is 4.09. The van der Waals surface area contributed by atoms with Crippen molar-refractivity contribution in [2.24, 2.45) is 10.7 Å². The van der Waals surface area contributed by atoms with Crippen molar-refractivity contribution in [3.8, 4) is 5.75 Å². The van der Waals surface area contributed by atoms with Crippen LogP contribution in [0.3, 0.4) is 0 Å². The van der Waals surface area contributed by atoms with Crippen molar-refractivity contribution >= 4 is 11.5 Å². The maximum Gasteiger partial charge on any atom is 0.144 e. The fourth-order valence-electron chi connectivity index (χ4n) is 1.07. The van der Waals surface area contributed by atoms with Gasteiger partial charge in [0.15, 0.2) is 0 Å². The Morgan fingerprint density at radius 1 is 1.46 bits per heavy atom. The Labute approximate surface area is 78.2 Å². The molecular weight excluding hydrogens is 164 g/mol. The molecule has 0 aromatic heterocycles. The van der Waals surface area contributed by atoms with Crippen LogP contribution in [0, 0.1) is 6.92 Å². The normalized spacial score (nSPS) is 11.5. The number of nitrogens with zero attached hydrogens (tertiary/aromatic N) is 1. The van der Waals surface area contributed by atoms with Gasteiger partial charge in [0.2, 0.25) is 0 Å². The predicted molar refractivity (Wildman–Crippen MR) is 54.7 cm³/mol. The summed E-state index contributed by atoms with van der Waals surface area (Å²) in [5.41, 5.74) is 7.40. The van der Waals surface area contributed by atoms with Gasteiger partial charge in [-0.1, -0.05) is 6.07 Å². The second kappa shape index (κ2) is 3.94. The molecule has 3 nitrogen and oxygen atoms in total. The number of benzene rings is 1. The lowest BCUT2D eigenvalue weighted by Crippen LogP contribution is -2.04. The van der Waals surface area contributed by atoms with Crippen molar-refractivity contribution in [3.05, 3.63) is 23.8 Å². The Morgan fingerprint density at radius 3 is 2.69 bits per heavy atom. The molecule has 0 spiro atoms. The summed E-state index contributed by atoms with van der Waals surface area (Å²) in [6.07, 6.45) is 0. The quantitative estimate of drug-likeness (QED) is 0.556. The smallest absolute Gasteiger partial charge is 0.144 e. The van der Waals surface area contributed by atoms with E-state index in [0.717, 1.165) is 17.0 Å². The van der Waals surface area contributed by atoms with E-state index in [4.69, 9.17) is 10.5 Å². The molecule has 0 bridgehead atoms. The number of methoxy groups -OCH3 is 1. The first-order valence-corrected chi connectivity index (χ1v) is 4.09. The van der Waals surface area contributed by atoms with Crippen LogP contribution in [0.1, 0.15) is 12.5 Å². The number of aryl methyl sites for hydroxylation is 1. The molecule has 0 aliphatic rings. The van der Waals surface area contributed by atoms with Crippen LogP contribution in [-0.4, -0.2) is 12.9 Å². The maximum atomic E-state index is 5.48. The molecular formula is C10H14N2O. The summed E-state index contributed by atoms with van der Waals surface area (Å²) in [7, 11) is 1.62. The van der Waals surface area contributed by atoms with Crippen molar-refractivity contribution in [2.75, 3.05) is 7.11 Å². The van der Waals surface area contributed by atoms with Gasteiger partial charge in [0.25, 0.3) is 0 Å². The molecule has 70 valence electrons. The minimum atomic E-state index is 0.530. The fraction of sp³-hybridized carbons (Fsp3) is 0.300. The second-order valence-electron chi connectivity index (χ2n) is 2.93. The lowest BCUT2D eigenvalue weighted by atomic mass is 10.2. The molecule has 0 atom stereocenters. The summed E-state index contributed by atoms with van der Waals surface area (Å²) in [4.78, 5) is 4.14. The molecule has 1 rings (SSSR count). The Hall–Kier alpha value is -1.51. The van der Waals surface area contributed by atoms with Gasteiger partial charge in [-0.05, 0) is 31.5 Å². The second-order valence-corrected chi connectivity index (χ2v) is 2.93. The first kappa shape index (κ1) is 9.58. The van der Waals surface area contributed by atoms with E-state index in [1.54, 1.807) is 14.0 Å². The van der Waals surface area contributed by atoms with Crippen LogP contribution < -0.4 is 10.5 Å². The Bertz CT molecular complexity index is 328. The monoisotopic (exact) mass is 178 g/mol. The fourth-order valence-corrected chi connectivity index (χ4v) is 1.07. The highest BCUT2D eigenvalue weighted by Gasteiger charge is 2.00. The molecule has 1 aromatic carbocycles. The molecule has 0 aliphatic carbocycles. The Balaban J connectivity index is 3.14. The zero-order valence-electron chi connectivity index (χ0n) is 8.16. The highest BCUT2D eigenvalue weighted by Crippen LogP contribution is 2.27. The third-order valence-electron chi connectivity index (χ3n) is 1.63. The number of nitrogens with two attached hydrogens (primary N) is 1. The van der Waals surface area contributed by atoms with Crippen molar-refractivity contribution in [1.82, 2.24) is 0 Å². The van der Waals surface area contributed by atoms with Crippen LogP contribution in [0.25, 0.3) is 0 Å². The molecule has 0 fully saturated rings. The van der Waals surface area contributed by atoms with Gasteiger partial charge in [0.1, 0.15) is 11.4 Å². The van der Waals surface area contributed by atoms with E-state index in [-0.39, 0.29) is 0 Å². The van der Waals surface area contributed by atoms with E-state index >= 15 is 0 Å². The van der Waals surface area contributed by atoms with E-state index in [1.807, 2.05) is 25.1 Å². The minimum absolute atomic E-state index is 0.530. The van der Waals surface area contributed by atoms with Crippen molar-refractivity contribution in [3.63, 3.8) is 0 Å². The van der Waals surface area contributed by atoms with Crippen LogP contribution in [0.2, 0.25) is 0 Å². The average molecular weight is 178 g/mol. The molecule has 0 saturated carbocycles. The van der Waals surface area contributed by atoms with Crippen LogP contribution in [0.15, 0.2) is 23.2 Å². The zero-order chi connectivity index (χ0) is 9.84. The number of ether oxygens (including phenoxy) is 1. The largest absolute Gasteiger partial charge is 0.494 e. The third kappa shape index (κ3) is 2.47. The van der Waals surface area contributed by atoms with Gasteiger partial charge in [0, 0.05) is 0 Å². The van der Waals surface area contributed by atoms with Crippen molar-refractivity contribution in [2.45, 2.75) is 13.8 Å². The predicted octanol–water partition coefficient (Wildman–Crippen LogP) is 2.01. The van der Waals surface area contributed by atoms with Gasteiger partial charge in [-0.2, -0.15) is 0 Å². The lowest BCUT2D eigenvalue weighted by molar-refractivity contribution is 0.416. The van der Waals surface area contributed by atoms with Gasteiger partial charge in [-0.15, -0.1) is 0 Å². The van der Waals surface area contributed by atoms with Crippen LogP contribution in [0.5, 0.6) is 5.75 Å². The van der Waals surface area contributed by atoms with Crippen molar-refractivity contribution < 1.29 is 4.74 Å². The van der Waals surface area contributed by atoms with Gasteiger partial charge in [-0.3, -0.25) is 0 Å².